The number of nitrogens with one attached hydrogen (secondary N) is 1. The molecule has 1 heterocycles. The average molecular weight is 343 g/mol. The second-order valence-corrected chi connectivity index (χ2v) is 4.42. The van der Waals surface area contributed by atoms with Crippen LogP contribution in [0.25, 0.3) is 0 Å². The molecule has 1 aromatic carbocycles. The molecule has 0 unspecified atom stereocenters. The lowest BCUT2D eigenvalue weighted by Crippen LogP contribution is -2.00. The molecule has 20 heavy (non-hydrogen) atoms. The number of hydrogen-bond acceptors (Lipinski definition) is 6. The fourth-order valence-corrected chi connectivity index (χ4v) is 1.64. The lowest BCUT2D eigenvalue weighted by atomic mass is 10.3. The van der Waals surface area contributed by atoms with Gasteiger partial charge in [0, 0.05) is 19.2 Å². The molecule has 0 aliphatic carbocycles. The summed E-state index contributed by atoms with van der Waals surface area (Å²) in [6.07, 6.45) is 1.42. The maximum Gasteiger partial charge on any atom is 0.311 e. The van der Waals surface area contributed by atoms with Crippen molar-refractivity contribution in [2.24, 2.45) is 0 Å². The van der Waals surface area contributed by atoms with Gasteiger partial charge in [0.15, 0.2) is 0 Å². The molecule has 7 nitrogen and oxygen atoms in total. The summed E-state index contributed by atoms with van der Waals surface area (Å²) < 4.78 is 18.9. The normalized spacial score (nSPS) is 10.2. The zero-order chi connectivity index (χ0) is 14.7. The lowest BCUT2D eigenvalue weighted by Gasteiger charge is -2.08. The van der Waals surface area contributed by atoms with Crippen LogP contribution in [-0.4, -0.2) is 21.9 Å². The van der Waals surface area contributed by atoms with Crippen molar-refractivity contribution >= 4 is 27.6 Å². The summed E-state index contributed by atoms with van der Waals surface area (Å²) in [4.78, 5) is 18.1. The predicted octanol–water partition coefficient (Wildman–Crippen LogP) is 3.12. The van der Waals surface area contributed by atoms with E-state index in [-0.39, 0.29) is 23.3 Å². The SMILES string of the molecule is CNc1ncc(Br)c(Oc2cc(F)ccc2[N+](=O)[O-])n1. The molecular weight excluding hydrogens is 335 g/mol. The van der Waals surface area contributed by atoms with Gasteiger partial charge in [-0.25, -0.2) is 9.37 Å². The van der Waals surface area contributed by atoms with Crippen LogP contribution in [0, 0.1) is 15.9 Å². The molecule has 2 rings (SSSR count). The number of benzene rings is 1. The van der Waals surface area contributed by atoms with Crippen LogP contribution in [0.3, 0.4) is 0 Å². The standard InChI is InChI=1S/C11H8BrFN4O3/c1-14-11-15-5-7(12)10(16-11)20-9-4-6(13)2-3-8(9)17(18)19/h2-5H,1H3,(H,14,15,16). The minimum atomic E-state index is -0.664. The summed E-state index contributed by atoms with van der Waals surface area (Å²) >= 11 is 3.16. The minimum Gasteiger partial charge on any atom is -0.430 e. The molecule has 0 atom stereocenters. The van der Waals surface area contributed by atoms with Crippen LogP contribution < -0.4 is 10.1 Å². The maximum atomic E-state index is 13.2. The van der Waals surface area contributed by atoms with Crippen molar-refractivity contribution < 1.29 is 14.1 Å². The van der Waals surface area contributed by atoms with Gasteiger partial charge in [0.05, 0.1) is 15.6 Å². The molecule has 104 valence electrons. The van der Waals surface area contributed by atoms with E-state index in [4.69, 9.17) is 4.74 Å². The Bertz CT molecular complexity index is 668. The highest BCUT2D eigenvalue weighted by Gasteiger charge is 2.18. The van der Waals surface area contributed by atoms with Crippen LogP contribution in [0.2, 0.25) is 0 Å². The summed E-state index contributed by atoms with van der Waals surface area (Å²) in [6.45, 7) is 0. The number of nitrogens with zero attached hydrogens (tertiary/aromatic N) is 3. The predicted molar refractivity (Wildman–Crippen MR) is 72.4 cm³/mol. The van der Waals surface area contributed by atoms with E-state index in [0.29, 0.717) is 4.47 Å². The molecule has 0 aliphatic heterocycles. The third kappa shape index (κ3) is 2.99. The summed E-state index contributed by atoms with van der Waals surface area (Å²) in [5.41, 5.74) is -0.358. The van der Waals surface area contributed by atoms with Crippen LogP contribution in [0.4, 0.5) is 16.0 Å². The summed E-state index contributed by atoms with van der Waals surface area (Å²) in [5.74, 6) is -0.582. The third-order valence-electron chi connectivity index (χ3n) is 2.26. The van der Waals surface area contributed by atoms with Crippen LogP contribution in [0.5, 0.6) is 11.6 Å². The first-order valence-corrected chi connectivity index (χ1v) is 6.12. The van der Waals surface area contributed by atoms with Gasteiger partial charge in [-0.05, 0) is 22.0 Å². The van der Waals surface area contributed by atoms with Crippen LogP contribution >= 0.6 is 15.9 Å². The smallest absolute Gasteiger partial charge is 0.311 e. The zero-order valence-corrected chi connectivity index (χ0v) is 11.7. The van der Waals surface area contributed by atoms with Crippen molar-refractivity contribution in [1.82, 2.24) is 9.97 Å². The molecule has 2 aromatic rings. The number of rotatable bonds is 4. The molecule has 1 N–H and O–H groups in total. The Morgan fingerprint density at radius 1 is 1.50 bits per heavy atom. The topological polar surface area (TPSA) is 90.2 Å². The molecular formula is C11H8BrFN4O3. The molecule has 9 heteroatoms. The van der Waals surface area contributed by atoms with Crippen molar-refractivity contribution in [3.63, 3.8) is 0 Å². The van der Waals surface area contributed by atoms with Crippen molar-refractivity contribution in [2.45, 2.75) is 0 Å². The van der Waals surface area contributed by atoms with Gasteiger partial charge < -0.3 is 10.1 Å². The van der Waals surface area contributed by atoms with Crippen molar-refractivity contribution in [3.05, 3.63) is 44.8 Å². The highest BCUT2D eigenvalue weighted by molar-refractivity contribution is 9.10. The number of halogens is 2. The van der Waals surface area contributed by atoms with Gasteiger partial charge in [-0.15, -0.1) is 0 Å². The Kier molecular flexibility index (Phi) is 4.08. The van der Waals surface area contributed by atoms with Gasteiger partial charge in [0.2, 0.25) is 17.6 Å². The minimum absolute atomic E-state index is 0.0399. The quantitative estimate of drug-likeness (QED) is 0.678. The fourth-order valence-electron chi connectivity index (χ4n) is 1.37. The lowest BCUT2D eigenvalue weighted by molar-refractivity contribution is -0.385. The highest BCUT2D eigenvalue weighted by atomic mass is 79.9. The Morgan fingerprint density at radius 2 is 2.25 bits per heavy atom. The van der Waals surface area contributed by atoms with Gasteiger partial charge in [0.25, 0.3) is 0 Å². The molecule has 0 spiro atoms. The monoisotopic (exact) mass is 342 g/mol. The van der Waals surface area contributed by atoms with E-state index in [1.54, 1.807) is 7.05 Å². The Morgan fingerprint density at radius 3 is 2.90 bits per heavy atom. The van der Waals surface area contributed by atoms with Crippen LogP contribution in [0.1, 0.15) is 0 Å². The van der Waals surface area contributed by atoms with Gasteiger partial charge in [-0.2, -0.15) is 4.98 Å². The van der Waals surface area contributed by atoms with Crippen molar-refractivity contribution in [1.29, 1.82) is 0 Å². The largest absolute Gasteiger partial charge is 0.430 e. The number of anilines is 1. The fraction of sp³-hybridized carbons (Fsp3) is 0.0909. The van der Waals surface area contributed by atoms with E-state index in [0.717, 1.165) is 18.2 Å². The Balaban J connectivity index is 2.43. The van der Waals surface area contributed by atoms with Gasteiger partial charge >= 0.3 is 5.69 Å². The van der Waals surface area contributed by atoms with E-state index in [1.165, 1.54) is 6.20 Å². The molecule has 0 saturated carbocycles. The Labute approximate surface area is 121 Å². The highest BCUT2D eigenvalue weighted by Crippen LogP contribution is 2.34. The molecule has 0 aliphatic rings. The first-order valence-electron chi connectivity index (χ1n) is 5.33. The first-order chi connectivity index (χ1) is 9.51. The number of nitro groups is 1. The molecule has 0 bridgehead atoms. The van der Waals surface area contributed by atoms with Gasteiger partial charge in [-0.3, -0.25) is 10.1 Å². The summed E-state index contributed by atoms with van der Waals surface area (Å²) in [7, 11) is 1.61. The van der Waals surface area contributed by atoms with Gasteiger partial charge in [-0.1, -0.05) is 0 Å². The summed E-state index contributed by atoms with van der Waals surface area (Å²) in [5, 5.41) is 13.6. The number of ether oxygens (including phenoxy) is 1. The van der Waals surface area contributed by atoms with E-state index in [9.17, 15) is 14.5 Å². The van der Waals surface area contributed by atoms with Crippen LogP contribution in [-0.2, 0) is 0 Å². The molecule has 0 fully saturated rings. The van der Waals surface area contributed by atoms with Crippen LogP contribution in [0.15, 0.2) is 28.9 Å². The van der Waals surface area contributed by atoms with Gasteiger partial charge in [0.1, 0.15) is 5.82 Å². The number of nitro benzene ring substituents is 1. The average Bonchev–Trinajstić information content (AvgIpc) is 2.41. The van der Waals surface area contributed by atoms with Crippen molar-refractivity contribution in [2.75, 3.05) is 12.4 Å². The first kappa shape index (κ1) is 14.1. The molecule has 1 aromatic heterocycles. The maximum absolute atomic E-state index is 13.2. The third-order valence-corrected chi connectivity index (χ3v) is 2.80. The second kappa shape index (κ2) is 5.78. The molecule has 0 amide bonds. The zero-order valence-electron chi connectivity index (χ0n) is 10.1. The molecule has 0 saturated heterocycles. The number of hydrogen-bond donors (Lipinski definition) is 1. The van der Waals surface area contributed by atoms with E-state index in [2.05, 4.69) is 31.2 Å². The molecule has 0 radical (unpaired) electrons. The Hall–Kier alpha value is -2.29. The second-order valence-electron chi connectivity index (χ2n) is 3.57. The van der Waals surface area contributed by atoms with Crippen molar-refractivity contribution in [3.8, 4) is 11.6 Å². The van der Waals surface area contributed by atoms with E-state index >= 15 is 0 Å². The number of aromatic nitrogens is 2. The van der Waals surface area contributed by atoms with E-state index in [1.807, 2.05) is 0 Å². The summed E-state index contributed by atoms with van der Waals surface area (Å²) in [6, 6.07) is 2.93. The van der Waals surface area contributed by atoms with E-state index < -0.39 is 10.7 Å².